The number of hydrogen-bond donors (Lipinski definition) is 1. The van der Waals surface area contributed by atoms with Crippen molar-refractivity contribution in [1.29, 1.82) is 0 Å². The molecule has 1 aromatic rings. The van der Waals surface area contributed by atoms with E-state index >= 15 is 0 Å². The van der Waals surface area contributed by atoms with Gasteiger partial charge in [0.15, 0.2) is 0 Å². The molecule has 0 spiro atoms. The van der Waals surface area contributed by atoms with Crippen LogP contribution >= 0.6 is 0 Å². The number of carbonyl (C=O) groups excluding carboxylic acids is 1. The zero-order valence-electron chi connectivity index (χ0n) is 11.6. The number of esters is 1. The lowest BCUT2D eigenvalue weighted by Gasteiger charge is -2.35. The van der Waals surface area contributed by atoms with Crippen molar-refractivity contribution in [1.82, 2.24) is 9.88 Å². The predicted molar refractivity (Wildman–Crippen MR) is 71.2 cm³/mol. The lowest BCUT2D eigenvalue weighted by Crippen LogP contribution is -2.48. The molecule has 2 unspecified atom stereocenters. The number of nitrogens with zero attached hydrogens (tertiary/aromatic N) is 2. The molecule has 1 N–H and O–H groups in total. The zero-order chi connectivity index (χ0) is 15.0. The van der Waals surface area contributed by atoms with Gasteiger partial charge in [-0.05, 0) is 25.8 Å². The Bertz CT molecular complexity index is 589. The number of carboxylic acid groups (broad SMARTS) is 1. The summed E-state index contributed by atoms with van der Waals surface area (Å²) in [5.74, 6) is -0.00933. The first-order valence-corrected chi connectivity index (χ1v) is 6.87. The van der Waals surface area contributed by atoms with Crippen LogP contribution in [0.15, 0.2) is 12.3 Å². The van der Waals surface area contributed by atoms with Crippen molar-refractivity contribution in [3.05, 3.63) is 23.4 Å². The Morgan fingerprint density at radius 3 is 3.10 bits per heavy atom. The van der Waals surface area contributed by atoms with E-state index in [4.69, 9.17) is 9.47 Å². The van der Waals surface area contributed by atoms with Crippen molar-refractivity contribution >= 4 is 12.1 Å². The third-order valence-electron chi connectivity index (χ3n) is 3.95. The first-order chi connectivity index (χ1) is 10.1. The SMILES string of the molecule is CC1CCC(Oc2nccc3c2COC3=O)CN1C(=O)O. The predicted octanol–water partition coefficient (Wildman–Crippen LogP) is 1.66. The Kier molecular flexibility index (Phi) is 3.40. The molecule has 3 rings (SSSR count). The van der Waals surface area contributed by atoms with E-state index < -0.39 is 6.09 Å². The van der Waals surface area contributed by atoms with Crippen LogP contribution < -0.4 is 4.74 Å². The van der Waals surface area contributed by atoms with Gasteiger partial charge in [0.25, 0.3) is 0 Å². The van der Waals surface area contributed by atoms with Gasteiger partial charge in [0.1, 0.15) is 12.7 Å². The maximum absolute atomic E-state index is 11.5. The second kappa shape index (κ2) is 5.23. The number of ether oxygens (including phenoxy) is 2. The minimum atomic E-state index is -0.944. The topological polar surface area (TPSA) is 89.0 Å². The number of fused-ring (bicyclic) bond motifs is 1. The van der Waals surface area contributed by atoms with Gasteiger partial charge in [0.05, 0.1) is 17.7 Å². The van der Waals surface area contributed by atoms with E-state index in [1.165, 1.54) is 11.1 Å². The standard InChI is InChI=1S/C14H16N2O5/c1-8-2-3-9(6-16(8)14(18)19)21-12-11-7-20-13(17)10(11)4-5-15-12/h4-5,8-9H,2-3,6-7H2,1H3,(H,18,19). The normalized spacial score (nSPS) is 24.4. The summed E-state index contributed by atoms with van der Waals surface area (Å²) >= 11 is 0. The lowest BCUT2D eigenvalue weighted by molar-refractivity contribution is 0.0484. The summed E-state index contributed by atoms with van der Waals surface area (Å²) in [6.07, 6.45) is 1.79. The molecule has 1 saturated heterocycles. The molecular weight excluding hydrogens is 276 g/mol. The molecule has 1 fully saturated rings. The smallest absolute Gasteiger partial charge is 0.407 e. The molecule has 0 radical (unpaired) electrons. The van der Waals surface area contributed by atoms with Gasteiger partial charge in [0.2, 0.25) is 5.88 Å². The maximum atomic E-state index is 11.5. The average molecular weight is 292 g/mol. The van der Waals surface area contributed by atoms with Crippen LogP contribution in [0.2, 0.25) is 0 Å². The molecule has 112 valence electrons. The fourth-order valence-electron chi connectivity index (χ4n) is 2.72. The van der Waals surface area contributed by atoms with E-state index in [0.29, 0.717) is 23.6 Å². The molecule has 7 nitrogen and oxygen atoms in total. The Labute approximate surface area is 121 Å². The maximum Gasteiger partial charge on any atom is 0.407 e. The van der Waals surface area contributed by atoms with Crippen LogP contribution in [0.4, 0.5) is 4.79 Å². The Morgan fingerprint density at radius 2 is 2.33 bits per heavy atom. The van der Waals surface area contributed by atoms with E-state index in [1.54, 1.807) is 6.07 Å². The molecule has 21 heavy (non-hydrogen) atoms. The minimum absolute atomic E-state index is 0.0123. The largest absolute Gasteiger partial charge is 0.472 e. The first-order valence-electron chi connectivity index (χ1n) is 6.87. The number of piperidine rings is 1. The molecule has 7 heteroatoms. The highest BCUT2D eigenvalue weighted by molar-refractivity contribution is 5.93. The van der Waals surface area contributed by atoms with Crippen LogP contribution in [-0.2, 0) is 11.3 Å². The van der Waals surface area contributed by atoms with E-state index in [1.807, 2.05) is 6.92 Å². The monoisotopic (exact) mass is 292 g/mol. The van der Waals surface area contributed by atoms with Gasteiger partial charge in [-0.25, -0.2) is 14.6 Å². The van der Waals surface area contributed by atoms with Crippen molar-refractivity contribution in [2.24, 2.45) is 0 Å². The number of pyridine rings is 1. The van der Waals surface area contributed by atoms with Crippen molar-refractivity contribution in [2.75, 3.05) is 6.54 Å². The highest BCUT2D eigenvalue weighted by atomic mass is 16.5. The number of carbonyl (C=O) groups is 2. The molecular formula is C14H16N2O5. The fraction of sp³-hybridized carbons (Fsp3) is 0.500. The number of aromatic nitrogens is 1. The van der Waals surface area contributed by atoms with Crippen LogP contribution in [0, 0.1) is 0 Å². The van der Waals surface area contributed by atoms with Gasteiger partial charge in [-0.15, -0.1) is 0 Å². The molecule has 0 aliphatic carbocycles. The first kappa shape index (κ1) is 13.7. The number of likely N-dealkylation sites (tertiary alicyclic amines) is 1. The van der Waals surface area contributed by atoms with Crippen molar-refractivity contribution in [3.63, 3.8) is 0 Å². The summed E-state index contributed by atoms with van der Waals surface area (Å²) in [5, 5.41) is 9.17. The van der Waals surface area contributed by atoms with Crippen molar-refractivity contribution in [3.8, 4) is 5.88 Å². The van der Waals surface area contributed by atoms with E-state index in [2.05, 4.69) is 4.98 Å². The molecule has 2 aliphatic rings. The Balaban J connectivity index is 1.76. The number of rotatable bonds is 2. The summed E-state index contributed by atoms with van der Waals surface area (Å²) in [6, 6.07) is 1.59. The number of cyclic esters (lactones) is 1. The fourth-order valence-corrected chi connectivity index (χ4v) is 2.72. The summed E-state index contributed by atoms with van der Waals surface area (Å²) in [7, 11) is 0. The Hall–Kier alpha value is -2.31. The molecule has 0 saturated carbocycles. The van der Waals surface area contributed by atoms with E-state index in [9.17, 15) is 14.7 Å². The van der Waals surface area contributed by atoms with Gasteiger partial charge in [0, 0.05) is 12.2 Å². The number of amides is 1. The summed E-state index contributed by atoms with van der Waals surface area (Å²) in [4.78, 5) is 28.2. The Morgan fingerprint density at radius 1 is 1.52 bits per heavy atom. The van der Waals surface area contributed by atoms with Crippen LogP contribution in [0.25, 0.3) is 0 Å². The van der Waals surface area contributed by atoms with Gasteiger partial charge < -0.3 is 19.5 Å². The quantitative estimate of drug-likeness (QED) is 0.834. The summed E-state index contributed by atoms with van der Waals surface area (Å²) < 4.78 is 10.8. The molecule has 3 heterocycles. The molecule has 2 atom stereocenters. The summed E-state index contributed by atoms with van der Waals surface area (Å²) in [6.45, 7) is 2.34. The molecule has 2 aliphatic heterocycles. The molecule has 1 amide bonds. The van der Waals surface area contributed by atoms with Crippen LogP contribution in [-0.4, -0.2) is 45.7 Å². The van der Waals surface area contributed by atoms with Crippen molar-refractivity contribution in [2.45, 2.75) is 38.5 Å². The third kappa shape index (κ3) is 2.51. The van der Waals surface area contributed by atoms with E-state index in [-0.39, 0.29) is 24.7 Å². The lowest BCUT2D eigenvalue weighted by atomic mass is 10.0. The average Bonchev–Trinajstić information content (AvgIpc) is 2.84. The van der Waals surface area contributed by atoms with Gasteiger partial charge in [-0.3, -0.25) is 0 Å². The molecule has 0 bridgehead atoms. The van der Waals surface area contributed by atoms with Gasteiger partial charge in [-0.1, -0.05) is 0 Å². The molecule has 0 aromatic carbocycles. The third-order valence-corrected chi connectivity index (χ3v) is 3.95. The van der Waals surface area contributed by atoms with Crippen LogP contribution in [0.5, 0.6) is 5.88 Å². The van der Waals surface area contributed by atoms with Gasteiger partial charge >= 0.3 is 12.1 Å². The zero-order valence-corrected chi connectivity index (χ0v) is 11.6. The van der Waals surface area contributed by atoms with Gasteiger partial charge in [-0.2, -0.15) is 0 Å². The highest BCUT2D eigenvalue weighted by Crippen LogP contribution is 2.29. The second-order valence-electron chi connectivity index (χ2n) is 5.32. The molecule has 1 aromatic heterocycles. The highest BCUT2D eigenvalue weighted by Gasteiger charge is 2.32. The van der Waals surface area contributed by atoms with E-state index in [0.717, 1.165) is 12.8 Å². The number of hydrogen-bond acceptors (Lipinski definition) is 5. The van der Waals surface area contributed by atoms with Crippen LogP contribution in [0.3, 0.4) is 0 Å². The van der Waals surface area contributed by atoms with Crippen molar-refractivity contribution < 1.29 is 24.2 Å². The van der Waals surface area contributed by atoms with Crippen LogP contribution in [0.1, 0.15) is 35.7 Å². The second-order valence-corrected chi connectivity index (χ2v) is 5.32. The summed E-state index contributed by atoms with van der Waals surface area (Å²) in [5.41, 5.74) is 1.11. The minimum Gasteiger partial charge on any atom is -0.472 e.